The van der Waals surface area contributed by atoms with Crippen molar-refractivity contribution in [2.24, 2.45) is 5.92 Å². The fourth-order valence-corrected chi connectivity index (χ4v) is 0.510. The van der Waals surface area contributed by atoms with Gasteiger partial charge in [0, 0.05) is 0 Å². The number of ether oxygens (including phenoxy) is 1. The van der Waals surface area contributed by atoms with E-state index in [2.05, 4.69) is 9.26 Å². The highest BCUT2D eigenvalue weighted by atomic mass is 31.2. The third-order valence-corrected chi connectivity index (χ3v) is 1.34. The van der Waals surface area contributed by atoms with Gasteiger partial charge in [-0.15, -0.1) is 0 Å². The third-order valence-electron chi connectivity index (χ3n) is 0.893. The molecule has 0 bridgehead atoms. The smallest absolute Gasteiger partial charge is 0.438 e. The molecule has 0 spiro atoms. The summed E-state index contributed by atoms with van der Waals surface area (Å²) < 4.78 is 18.3. The zero-order valence-electron chi connectivity index (χ0n) is 6.76. The van der Waals surface area contributed by atoms with Gasteiger partial charge in [0.2, 0.25) is 6.79 Å². The van der Waals surface area contributed by atoms with Crippen molar-refractivity contribution in [3.8, 4) is 0 Å². The van der Waals surface area contributed by atoms with Crippen LogP contribution < -0.4 is 0 Å². The normalized spacial score (nSPS) is 11.8. The highest BCUT2D eigenvalue weighted by Crippen LogP contribution is 2.35. The Kier molecular flexibility index (Phi) is 4.41. The first kappa shape index (κ1) is 11.6. The van der Waals surface area contributed by atoms with E-state index < -0.39 is 20.6 Å². The van der Waals surface area contributed by atoms with Crippen LogP contribution in [0.1, 0.15) is 13.8 Å². The van der Waals surface area contributed by atoms with Crippen molar-refractivity contribution in [2.75, 3.05) is 6.79 Å². The van der Waals surface area contributed by atoms with E-state index >= 15 is 0 Å². The largest absolute Gasteiger partial charge is 0.472 e. The Labute approximate surface area is 69.7 Å². The Morgan fingerprint density at radius 2 is 2.00 bits per heavy atom. The van der Waals surface area contributed by atoms with Crippen LogP contribution in [-0.2, 0) is 18.6 Å². The summed E-state index contributed by atoms with van der Waals surface area (Å²) in [5.74, 6) is -0.908. The molecule has 0 atom stereocenters. The van der Waals surface area contributed by atoms with E-state index in [1.807, 2.05) is 0 Å². The lowest BCUT2D eigenvalue weighted by atomic mass is 10.2. The summed E-state index contributed by atoms with van der Waals surface area (Å²) in [6.45, 7) is 2.47. The maximum absolute atomic E-state index is 10.7. The topological polar surface area (TPSA) is 93.1 Å². The van der Waals surface area contributed by atoms with Crippen LogP contribution >= 0.6 is 7.82 Å². The molecule has 6 nitrogen and oxygen atoms in total. The van der Waals surface area contributed by atoms with Gasteiger partial charge in [0.25, 0.3) is 0 Å². The van der Waals surface area contributed by atoms with E-state index in [4.69, 9.17) is 9.79 Å². The van der Waals surface area contributed by atoms with Gasteiger partial charge in [-0.25, -0.2) is 9.09 Å². The number of hydrogen-bond acceptors (Lipinski definition) is 4. The van der Waals surface area contributed by atoms with Crippen LogP contribution in [0.3, 0.4) is 0 Å². The average Bonchev–Trinajstić information content (AvgIpc) is 1.84. The van der Waals surface area contributed by atoms with Crippen molar-refractivity contribution in [3.63, 3.8) is 0 Å². The summed E-state index contributed by atoms with van der Waals surface area (Å²) in [4.78, 5) is 27.0. The van der Waals surface area contributed by atoms with Gasteiger partial charge in [-0.05, 0) is 0 Å². The van der Waals surface area contributed by atoms with Gasteiger partial charge < -0.3 is 14.5 Å². The highest BCUT2D eigenvalue weighted by Gasteiger charge is 2.15. The summed E-state index contributed by atoms with van der Waals surface area (Å²) >= 11 is 0. The SMILES string of the molecule is CC(C)C(=O)OCOP(=O)(O)O. The van der Waals surface area contributed by atoms with Gasteiger partial charge in [0.05, 0.1) is 5.92 Å². The lowest BCUT2D eigenvalue weighted by Gasteiger charge is -2.07. The van der Waals surface area contributed by atoms with E-state index in [1.54, 1.807) is 13.8 Å². The van der Waals surface area contributed by atoms with Crippen molar-refractivity contribution in [3.05, 3.63) is 0 Å². The third kappa shape index (κ3) is 6.30. The van der Waals surface area contributed by atoms with Gasteiger partial charge in [0.1, 0.15) is 0 Å². The monoisotopic (exact) mass is 198 g/mol. The lowest BCUT2D eigenvalue weighted by molar-refractivity contribution is -0.154. The van der Waals surface area contributed by atoms with Gasteiger partial charge >= 0.3 is 13.8 Å². The number of hydrogen-bond donors (Lipinski definition) is 2. The van der Waals surface area contributed by atoms with Gasteiger partial charge in [-0.1, -0.05) is 13.8 Å². The molecule has 0 amide bonds. The maximum Gasteiger partial charge on any atom is 0.472 e. The second-order valence-electron chi connectivity index (χ2n) is 2.36. The second kappa shape index (κ2) is 4.57. The number of esters is 1. The molecular weight excluding hydrogens is 187 g/mol. The Morgan fingerprint density at radius 3 is 2.33 bits per heavy atom. The summed E-state index contributed by atoms with van der Waals surface area (Å²) in [5.41, 5.74) is 0. The molecule has 0 unspecified atom stereocenters. The number of phosphoric acid groups is 1. The zero-order chi connectivity index (χ0) is 9.78. The molecular formula is C5H11O6P. The Morgan fingerprint density at radius 1 is 1.50 bits per heavy atom. The van der Waals surface area contributed by atoms with Crippen molar-refractivity contribution in [1.29, 1.82) is 0 Å². The number of carbonyl (C=O) groups is 1. The number of rotatable bonds is 4. The minimum Gasteiger partial charge on any atom is -0.438 e. The van der Waals surface area contributed by atoms with Gasteiger partial charge in [-0.3, -0.25) is 4.79 Å². The maximum atomic E-state index is 10.7. The molecule has 0 radical (unpaired) electrons. The van der Waals surface area contributed by atoms with Crippen molar-refractivity contribution in [2.45, 2.75) is 13.8 Å². The first-order valence-electron chi connectivity index (χ1n) is 3.19. The van der Waals surface area contributed by atoms with E-state index in [1.165, 1.54) is 0 Å². The van der Waals surface area contributed by atoms with Crippen molar-refractivity contribution in [1.82, 2.24) is 0 Å². The van der Waals surface area contributed by atoms with Crippen LogP contribution in [-0.4, -0.2) is 22.5 Å². The van der Waals surface area contributed by atoms with Crippen molar-refractivity contribution < 1.29 is 28.4 Å². The summed E-state index contributed by atoms with van der Waals surface area (Å²) in [6.07, 6.45) is 0. The minimum absolute atomic E-state index is 0.342. The summed E-state index contributed by atoms with van der Waals surface area (Å²) in [7, 11) is -4.53. The zero-order valence-corrected chi connectivity index (χ0v) is 7.65. The molecule has 0 aromatic rings. The van der Waals surface area contributed by atoms with Gasteiger partial charge in [-0.2, -0.15) is 0 Å². The Bertz CT molecular complexity index is 194. The molecule has 7 heteroatoms. The van der Waals surface area contributed by atoms with E-state index in [-0.39, 0.29) is 5.92 Å². The molecule has 0 aliphatic heterocycles. The second-order valence-corrected chi connectivity index (χ2v) is 3.59. The molecule has 0 rings (SSSR count). The first-order valence-corrected chi connectivity index (χ1v) is 4.72. The van der Waals surface area contributed by atoms with E-state index in [9.17, 15) is 9.36 Å². The fraction of sp³-hybridized carbons (Fsp3) is 0.800. The molecule has 72 valence electrons. The number of phosphoric ester groups is 1. The van der Waals surface area contributed by atoms with Gasteiger partial charge in [0.15, 0.2) is 0 Å². The molecule has 0 fully saturated rings. The van der Waals surface area contributed by atoms with Crippen LogP contribution in [0.4, 0.5) is 0 Å². The van der Waals surface area contributed by atoms with E-state index in [0.717, 1.165) is 0 Å². The molecule has 0 saturated heterocycles. The average molecular weight is 198 g/mol. The fourth-order valence-electron chi connectivity index (χ4n) is 0.320. The number of carbonyl (C=O) groups excluding carboxylic acids is 1. The van der Waals surface area contributed by atoms with Crippen LogP contribution in [0.2, 0.25) is 0 Å². The molecule has 12 heavy (non-hydrogen) atoms. The molecule has 0 aliphatic rings. The molecule has 0 aliphatic carbocycles. The highest BCUT2D eigenvalue weighted by molar-refractivity contribution is 7.46. The standard InChI is InChI=1S/C5H11O6P/c1-4(2)5(6)10-3-11-12(7,8)9/h4H,3H2,1-2H3,(H2,7,8,9). The van der Waals surface area contributed by atoms with Crippen LogP contribution in [0, 0.1) is 5.92 Å². The minimum atomic E-state index is -4.53. The summed E-state index contributed by atoms with van der Waals surface area (Å²) in [5, 5.41) is 0. The van der Waals surface area contributed by atoms with Crippen LogP contribution in [0.15, 0.2) is 0 Å². The van der Waals surface area contributed by atoms with E-state index in [0.29, 0.717) is 0 Å². The van der Waals surface area contributed by atoms with Crippen LogP contribution in [0.25, 0.3) is 0 Å². The predicted molar refractivity (Wildman–Crippen MR) is 38.9 cm³/mol. The summed E-state index contributed by atoms with van der Waals surface area (Å²) in [6, 6.07) is 0. The quantitative estimate of drug-likeness (QED) is 0.382. The molecule has 0 saturated carbocycles. The Hall–Kier alpha value is -0.420. The molecule has 0 aromatic carbocycles. The first-order chi connectivity index (χ1) is 5.33. The van der Waals surface area contributed by atoms with Crippen LogP contribution in [0.5, 0.6) is 0 Å². The van der Waals surface area contributed by atoms with Crippen molar-refractivity contribution >= 4 is 13.8 Å². The molecule has 0 heterocycles. The predicted octanol–water partition coefficient (Wildman–Crippen LogP) is 0.252. The lowest BCUT2D eigenvalue weighted by Crippen LogP contribution is -2.13. The Balaban J connectivity index is 3.58. The molecule has 2 N–H and O–H groups in total. The molecule has 0 aromatic heterocycles.